The topological polar surface area (TPSA) is 72.3 Å². The normalized spacial score (nSPS) is 16.1. The zero-order chi connectivity index (χ0) is 14.3. The fourth-order valence-electron chi connectivity index (χ4n) is 1.64. The van der Waals surface area contributed by atoms with E-state index in [1.54, 1.807) is 0 Å². The minimum atomic E-state index is 0.0657. The van der Waals surface area contributed by atoms with Crippen LogP contribution in [0.4, 0.5) is 0 Å². The highest BCUT2D eigenvalue weighted by molar-refractivity contribution is 7.80. The largest absolute Gasteiger partial charge is 0.395 e. The molecule has 0 heterocycles. The lowest BCUT2D eigenvalue weighted by Gasteiger charge is -2.10. The van der Waals surface area contributed by atoms with Gasteiger partial charge in [-0.05, 0) is 48.9 Å². The van der Waals surface area contributed by atoms with Gasteiger partial charge in [0.15, 0.2) is 0 Å². The van der Waals surface area contributed by atoms with Gasteiger partial charge >= 0.3 is 0 Å². The standard InChI is InChI=1S/C13H17NS.C2H7NO/c1-9(14)13-8-12(15)7-6-11(13)5-4-10-2-3-10;3-1-2-4/h4-10,15H,2-3,14H2,1H3;4H,1-3H2/b5-4+;. The average Bonchev–Trinajstić information content (AvgIpc) is 3.21. The Hall–Kier alpha value is -0.810. The third-order valence-electron chi connectivity index (χ3n) is 2.86. The molecule has 0 aromatic heterocycles. The summed E-state index contributed by atoms with van der Waals surface area (Å²) < 4.78 is 0. The third-order valence-corrected chi connectivity index (χ3v) is 3.14. The highest BCUT2D eigenvalue weighted by Gasteiger charge is 2.17. The van der Waals surface area contributed by atoms with E-state index in [0.29, 0.717) is 6.54 Å². The second kappa shape index (κ2) is 8.38. The van der Waals surface area contributed by atoms with E-state index in [-0.39, 0.29) is 12.6 Å². The maximum atomic E-state index is 7.75. The van der Waals surface area contributed by atoms with Crippen LogP contribution in [-0.2, 0) is 0 Å². The van der Waals surface area contributed by atoms with Crippen molar-refractivity contribution in [2.45, 2.75) is 30.7 Å². The number of nitrogens with two attached hydrogens (primary N) is 2. The van der Waals surface area contributed by atoms with Crippen LogP contribution >= 0.6 is 12.6 Å². The minimum Gasteiger partial charge on any atom is -0.395 e. The number of aliphatic hydroxyl groups is 1. The first-order valence-corrected chi connectivity index (χ1v) is 7.10. The van der Waals surface area contributed by atoms with Crippen LogP contribution in [0.15, 0.2) is 29.2 Å². The number of hydrogen-bond acceptors (Lipinski definition) is 4. The average molecular weight is 280 g/mol. The molecule has 1 atom stereocenters. The Balaban J connectivity index is 0.000000399. The Morgan fingerprint density at radius 1 is 1.47 bits per heavy atom. The third kappa shape index (κ3) is 6.25. The number of benzene rings is 1. The minimum absolute atomic E-state index is 0.0657. The Morgan fingerprint density at radius 3 is 2.58 bits per heavy atom. The summed E-state index contributed by atoms with van der Waals surface area (Å²) in [6.07, 6.45) is 7.17. The number of allylic oxidation sites excluding steroid dienone is 1. The molecular weight excluding hydrogens is 256 g/mol. The van der Waals surface area contributed by atoms with Gasteiger partial charge in [0.2, 0.25) is 0 Å². The van der Waals surface area contributed by atoms with Gasteiger partial charge in [0, 0.05) is 17.5 Å². The van der Waals surface area contributed by atoms with Crippen LogP contribution in [0, 0.1) is 5.92 Å². The van der Waals surface area contributed by atoms with E-state index >= 15 is 0 Å². The fraction of sp³-hybridized carbons (Fsp3) is 0.467. The second-order valence-corrected chi connectivity index (χ2v) is 5.33. The van der Waals surface area contributed by atoms with Crippen LogP contribution in [0.2, 0.25) is 0 Å². The summed E-state index contributed by atoms with van der Waals surface area (Å²) >= 11 is 4.34. The van der Waals surface area contributed by atoms with E-state index in [0.717, 1.165) is 10.8 Å². The summed E-state index contributed by atoms with van der Waals surface area (Å²) in [6.45, 7) is 2.48. The van der Waals surface area contributed by atoms with Gasteiger partial charge in [0.1, 0.15) is 0 Å². The number of aliphatic hydroxyl groups excluding tert-OH is 1. The van der Waals surface area contributed by atoms with Crippen LogP contribution < -0.4 is 11.5 Å². The summed E-state index contributed by atoms with van der Waals surface area (Å²) in [7, 11) is 0. The Labute approximate surface area is 121 Å². The molecule has 0 saturated heterocycles. The molecule has 1 aliphatic rings. The number of rotatable bonds is 4. The van der Waals surface area contributed by atoms with Crippen molar-refractivity contribution in [3.8, 4) is 0 Å². The smallest absolute Gasteiger partial charge is 0.0553 e. The van der Waals surface area contributed by atoms with E-state index in [1.807, 2.05) is 13.0 Å². The molecule has 4 heteroatoms. The summed E-state index contributed by atoms with van der Waals surface area (Å²) in [5.41, 5.74) is 13.1. The molecule has 2 rings (SSSR count). The van der Waals surface area contributed by atoms with Crippen molar-refractivity contribution < 1.29 is 5.11 Å². The van der Waals surface area contributed by atoms with Crippen LogP contribution in [0.5, 0.6) is 0 Å². The summed E-state index contributed by atoms with van der Waals surface area (Å²) in [5, 5.41) is 7.75. The van der Waals surface area contributed by atoms with E-state index in [4.69, 9.17) is 16.6 Å². The molecule has 0 amide bonds. The maximum absolute atomic E-state index is 7.75. The molecule has 1 aliphatic carbocycles. The quantitative estimate of drug-likeness (QED) is 0.640. The molecule has 0 bridgehead atoms. The molecule has 0 radical (unpaired) electrons. The SMILES string of the molecule is CC(N)c1cc(S)ccc1/C=C/C1CC1.NCCO. The Morgan fingerprint density at radius 2 is 2.11 bits per heavy atom. The first-order chi connectivity index (χ1) is 9.08. The molecule has 1 unspecified atom stereocenters. The van der Waals surface area contributed by atoms with Crippen molar-refractivity contribution in [2.75, 3.05) is 13.2 Å². The number of hydrogen-bond donors (Lipinski definition) is 4. The monoisotopic (exact) mass is 280 g/mol. The van der Waals surface area contributed by atoms with Crippen LogP contribution in [0.25, 0.3) is 6.08 Å². The zero-order valence-electron chi connectivity index (χ0n) is 11.4. The molecule has 106 valence electrons. The molecular formula is C15H24N2OS. The Bertz CT molecular complexity index is 413. The zero-order valence-corrected chi connectivity index (χ0v) is 12.3. The summed E-state index contributed by atoms with van der Waals surface area (Å²) in [6, 6.07) is 6.23. The van der Waals surface area contributed by atoms with Crippen LogP contribution in [0.1, 0.15) is 36.9 Å². The van der Waals surface area contributed by atoms with E-state index in [2.05, 4.69) is 36.9 Å². The van der Waals surface area contributed by atoms with Gasteiger partial charge in [-0.25, -0.2) is 0 Å². The predicted octanol–water partition coefficient (Wildman–Crippen LogP) is 2.36. The molecule has 1 aromatic carbocycles. The van der Waals surface area contributed by atoms with Gasteiger partial charge in [0.25, 0.3) is 0 Å². The van der Waals surface area contributed by atoms with Crippen molar-refractivity contribution in [3.05, 3.63) is 35.4 Å². The van der Waals surface area contributed by atoms with E-state index in [9.17, 15) is 0 Å². The maximum Gasteiger partial charge on any atom is 0.0553 e. The number of thiol groups is 1. The Kier molecular flexibility index (Phi) is 7.16. The lowest BCUT2D eigenvalue weighted by molar-refractivity contribution is 0.306. The van der Waals surface area contributed by atoms with E-state index in [1.165, 1.54) is 24.0 Å². The van der Waals surface area contributed by atoms with Gasteiger partial charge in [-0.3, -0.25) is 0 Å². The highest BCUT2D eigenvalue weighted by Crippen LogP contribution is 2.31. The molecule has 0 aliphatic heterocycles. The lowest BCUT2D eigenvalue weighted by Crippen LogP contribution is -2.06. The van der Waals surface area contributed by atoms with E-state index < -0.39 is 0 Å². The van der Waals surface area contributed by atoms with Crippen molar-refractivity contribution in [3.63, 3.8) is 0 Å². The fourth-order valence-corrected chi connectivity index (χ4v) is 1.85. The summed E-state index contributed by atoms with van der Waals surface area (Å²) in [4.78, 5) is 0.978. The summed E-state index contributed by atoms with van der Waals surface area (Å²) in [5.74, 6) is 0.807. The van der Waals surface area contributed by atoms with Gasteiger partial charge in [-0.1, -0.05) is 18.2 Å². The van der Waals surface area contributed by atoms with Crippen molar-refractivity contribution in [2.24, 2.45) is 17.4 Å². The van der Waals surface area contributed by atoms with Gasteiger partial charge in [-0.2, -0.15) is 0 Å². The molecule has 1 saturated carbocycles. The first-order valence-electron chi connectivity index (χ1n) is 6.66. The molecule has 1 fully saturated rings. The van der Waals surface area contributed by atoms with Crippen molar-refractivity contribution >= 4 is 18.7 Å². The van der Waals surface area contributed by atoms with Crippen LogP contribution in [0.3, 0.4) is 0 Å². The molecule has 19 heavy (non-hydrogen) atoms. The first kappa shape index (κ1) is 16.2. The molecule has 5 N–H and O–H groups in total. The van der Waals surface area contributed by atoms with Crippen molar-refractivity contribution in [1.29, 1.82) is 0 Å². The molecule has 0 spiro atoms. The van der Waals surface area contributed by atoms with Gasteiger partial charge < -0.3 is 16.6 Å². The van der Waals surface area contributed by atoms with Gasteiger partial charge in [-0.15, -0.1) is 12.6 Å². The highest BCUT2D eigenvalue weighted by atomic mass is 32.1. The second-order valence-electron chi connectivity index (χ2n) is 4.81. The van der Waals surface area contributed by atoms with Crippen LogP contribution in [-0.4, -0.2) is 18.3 Å². The lowest BCUT2D eigenvalue weighted by atomic mass is 10.0. The predicted molar refractivity (Wildman–Crippen MR) is 84.2 cm³/mol. The molecule has 1 aromatic rings. The van der Waals surface area contributed by atoms with Gasteiger partial charge in [0.05, 0.1) is 6.61 Å². The van der Waals surface area contributed by atoms with Crippen molar-refractivity contribution in [1.82, 2.24) is 0 Å². The molecule has 3 nitrogen and oxygen atoms in total.